The van der Waals surface area contributed by atoms with Crippen LogP contribution >= 0.6 is 0 Å². The number of carbonyl (C=O) groups excluding carboxylic acids is 1. The van der Waals surface area contributed by atoms with Gasteiger partial charge in [0.05, 0.1) is 5.69 Å². The predicted molar refractivity (Wildman–Crippen MR) is 103 cm³/mol. The fourth-order valence-electron chi connectivity index (χ4n) is 2.72. The van der Waals surface area contributed by atoms with Gasteiger partial charge in [-0.05, 0) is 48.9 Å². The summed E-state index contributed by atoms with van der Waals surface area (Å²) in [5.41, 5.74) is 2.77. The first-order valence-corrected chi connectivity index (χ1v) is 8.56. The van der Waals surface area contributed by atoms with E-state index in [2.05, 4.69) is 10.1 Å². The van der Waals surface area contributed by atoms with Gasteiger partial charge >= 0.3 is 0 Å². The van der Waals surface area contributed by atoms with Crippen LogP contribution in [0.1, 0.15) is 22.0 Å². The van der Waals surface area contributed by atoms with Gasteiger partial charge in [-0.1, -0.05) is 12.1 Å². The van der Waals surface area contributed by atoms with Crippen LogP contribution in [0.4, 0.5) is 10.1 Å². The van der Waals surface area contributed by atoms with E-state index in [1.807, 2.05) is 43.3 Å². The molecule has 0 bridgehead atoms. The molecule has 7 heteroatoms. The van der Waals surface area contributed by atoms with Gasteiger partial charge in [0, 0.05) is 33.4 Å². The normalized spacial score (nSPS) is 10.7. The molecule has 0 aliphatic rings. The minimum Gasteiger partial charge on any atom is -0.378 e. The molecule has 0 saturated carbocycles. The Bertz CT molecular complexity index is 932. The van der Waals surface area contributed by atoms with Crippen molar-refractivity contribution >= 4 is 11.6 Å². The molecule has 1 amide bonds. The Morgan fingerprint density at radius 2 is 1.67 bits per heavy atom. The molecule has 3 rings (SSSR count). The van der Waals surface area contributed by atoms with Crippen LogP contribution in [0.3, 0.4) is 0 Å². The van der Waals surface area contributed by atoms with Crippen molar-refractivity contribution in [2.24, 2.45) is 0 Å². The van der Waals surface area contributed by atoms with E-state index in [4.69, 9.17) is 0 Å². The number of amides is 1. The third-order valence-electron chi connectivity index (χ3n) is 4.25. The first kappa shape index (κ1) is 18.6. The van der Waals surface area contributed by atoms with Crippen LogP contribution in [0.25, 0.3) is 5.69 Å². The number of aromatic nitrogens is 3. The lowest BCUT2D eigenvalue weighted by Gasteiger charge is -2.17. The number of halogens is 1. The van der Waals surface area contributed by atoms with Gasteiger partial charge < -0.3 is 9.80 Å². The van der Waals surface area contributed by atoms with Crippen LogP contribution in [0.5, 0.6) is 0 Å². The van der Waals surface area contributed by atoms with Crippen molar-refractivity contribution in [1.82, 2.24) is 19.7 Å². The van der Waals surface area contributed by atoms with Crippen LogP contribution < -0.4 is 4.90 Å². The highest BCUT2D eigenvalue weighted by Crippen LogP contribution is 2.15. The molecule has 0 N–H and O–H groups in total. The van der Waals surface area contributed by atoms with Gasteiger partial charge in [-0.25, -0.2) is 14.1 Å². The summed E-state index contributed by atoms with van der Waals surface area (Å²) in [6, 6.07) is 13.9. The molecule has 0 aliphatic carbocycles. The number of benzene rings is 2. The molecule has 0 fully saturated rings. The average Bonchev–Trinajstić information content (AvgIpc) is 3.03. The Hall–Kier alpha value is -3.22. The Morgan fingerprint density at radius 1 is 1.04 bits per heavy atom. The number of hydrogen-bond acceptors (Lipinski definition) is 4. The molecule has 1 aromatic heterocycles. The fraction of sp³-hybridized carbons (Fsp3) is 0.250. The van der Waals surface area contributed by atoms with Crippen molar-refractivity contribution in [2.45, 2.75) is 13.5 Å². The first-order chi connectivity index (χ1) is 12.8. The predicted octanol–water partition coefficient (Wildman–Crippen LogP) is 3.05. The molecule has 2 aromatic carbocycles. The summed E-state index contributed by atoms with van der Waals surface area (Å²) in [5.74, 6) is 0.0846. The largest absolute Gasteiger partial charge is 0.378 e. The average molecular weight is 367 g/mol. The third kappa shape index (κ3) is 4.13. The summed E-state index contributed by atoms with van der Waals surface area (Å²) in [5, 5.41) is 4.29. The summed E-state index contributed by atoms with van der Waals surface area (Å²) < 4.78 is 14.6. The van der Waals surface area contributed by atoms with E-state index in [1.165, 1.54) is 16.8 Å². The lowest BCUT2D eigenvalue weighted by molar-refractivity contribution is 0.0773. The Morgan fingerprint density at radius 3 is 2.26 bits per heavy atom. The molecule has 27 heavy (non-hydrogen) atoms. The molecule has 6 nitrogen and oxygen atoms in total. The van der Waals surface area contributed by atoms with Crippen LogP contribution in [0, 0.1) is 12.7 Å². The molecule has 0 aliphatic heterocycles. The van der Waals surface area contributed by atoms with Crippen LogP contribution in [0.2, 0.25) is 0 Å². The smallest absolute Gasteiger partial charge is 0.293 e. The highest BCUT2D eigenvalue weighted by molar-refractivity contribution is 5.90. The van der Waals surface area contributed by atoms with Crippen LogP contribution in [-0.2, 0) is 6.54 Å². The monoisotopic (exact) mass is 367 g/mol. The van der Waals surface area contributed by atoms with Crippen LogP contribution in [0.15, 0.2) is 48.5 Å². The molecular weight excluding hydrogens is 345 g/mol. The number of nitrogens with zero attached hydrogens (tertiary/aromatic N) is 5. The Labute approximate surface area is 157 Å². The number of rotatable bonds is 5. The van der Waals surface area contributed by atoms with Gasteiger partial charge in [0.15, 0.2) is 0 Å². The van der Waals surface area contributed by atoms with Crippen molar-refractivity contribution in [2.75, 3.05) is 26.0 Å². The van der Waals surface area contributed by atoms with Crippen molar-refractivity contribution in [3.05, 3.63) is 71.6 Å². The summed E-state index contributed by atoms with van der Waals surface area (Å²) in [7, 11) is 5.68. The summed E-state index contributed by atoms with van der Waals surface area (Å²) in [6.07, 6.45) is 0. The zero-order valence-electron chi connectivity index (χ0n) is 15.8. The van der Waals surface area contributed by atoms with E-state index in [0.717, 1.165) is 11.3 Å². The SMILES string of the molecule is Cc1nc(C(=O)N(C)Cc2ccc(N(C)C)cc2)nn1-c1ccc(F)cc1. The molecular formula is C20H22FN5O. The first-order valence-electron chi connectivity index (χ1n) is 8.56. The fourth-order valence-corrected chi connectivity index (χ4v) is 2.72. The molecule has 1 heterocycles. The number of anilines is 1. The number of aryl methyl sites for hydroxylation is 1. The quantitative estimate of drug-likeness (QED) is 0.696. The number of carbonyl (C=O) groups is 1. The highest BCUT2D eigenvalue weighted by atomic mass is 19.1. The van der Waals surface area contributed by atoms with Crippen LogP contribution in [-0.4, -0.2) is 46.7 Å². The van der Waals surface area contributed by atoms with E-state index >= 15 is 0 Å². The van der Waals surface area contributed by atoms with E-state index < -0.39 is 0 Å². The molecule has 0 unspecified atom stereocenters. The van der Waals surface area contributed by atoms with Gasteiger partial charge in [0.25, 0.3) is 5.91 Å². The summed E-state index contributed by atoms with van der Waals surface area (Å²) >= 11 is 0. The van der Waals surface area contributed by atoms with Gasteiger partial charge in [-0.15, -0.1) is 5.10 Å². The molecule has 0 saturated heterocycles. The van der Waals surface area contributed by atoms with E-state index in [0.29, 0.717) is 18.1 Å². The maximum atomic E-state index is 13.1. The summed E-state index contributed by atoms with van der Waals surface area (Å²) in [6.45, 7) is 2.21. The van der Waals surface area contributed by atoms with Gasteiger partial charge in [0.1, 0.15) is 11.6 Å². The van der Waals surface area contributed by atoms with Gasteiger partial charge in [-0.3, -0.25) is 4.79 Å². The Balaban J connectivity index is 1.75. The minimum absolute atomic E-state index is 0.115. The van der Waals surface area contributed by atoms with Gasteiger partial charge in [0.2, 0.25) is 5.82 Å². The molecule has 3 aromatic rings. The second-order valence-electron chi connectivity index (χ2n) is 6.59. The molecule has 0 atom stereocenters. The zero-order valence-corrected chi connectivity index (χ0v) is 15.8. The lowest BCUT2D eigenvalue weighted by Crippen LogP contribution is -2.27. The molecule has 140 valence electrons. The minimum atomic E-state index is -0.326. The lowest BCUT2D eigenvalue weighted by atomic mass is 10.2. The van der Waals surface area contributed by atoms with Crippen molar-refractivity contribution in [1.29, 1.82) is 0 Å². The zero-order chi connectivity index (χ0) is 19.6. The maximum Gasteiger partial charge on any atom is 0.293 e. The standard InChI is InChI=1S/C20H22FN5O/c1-14-22-19(23-26(14)18-11-7-16(21)8-12-18)20(27)25(4)13-15-5-9-17(10-6-15)24(2)3/h5-12H,13H2,1-4H3. The van der Waals surface area contributed by atoms with Crippen molar-refractivity contribution in [3.63, 3.8) is 0 Å². The number of hydrogen-bond donors (Lipinski definition) is 0. The van der Waals surface area contributed by atoms with E-state index in [1.54, 1.807) is 31.0 Å². The second-order valence-corrected chi connectivity index (χ2v) is 6.59. The van der Waals surface area contributed by atoms with Gasteiger partial charge in [-0.2, -0.15) is 0 Å². The van der Waals surface area contributed by atoms with Crippen molar-refractivity contribution in [3.8, 4) is 5.69 Å². The topological polar surface area (TPSA) is 54.3 Å². The highest BCUT2D eigenvalue weighted by Gasteiger charge is 2.19. The molecule has 0 radical (unpaired) electrons. The summed E-state index contributed by atoms with van der Waals surface area (Å²) in [4.78, 5) is 20.6. The Kier molecular flexibility index (Phi) is 5.21. The van der Waals surface area contributed by atoms with Crippen molar-refractivity contribution < 1.29 is 9.18 Å². The van der Waals surface area contributed by atoms with E-state index in [-0.39, 0.29) is 17.5 Å². The maximum absolute atomic E-state index is 13.1. The van der Waals surface area contributed by atoms with E-state index in [9.17, 15) is 9.18 Å². The second kappa shape index (κ2) is 7.57. The molecule has 0 spiro atoms. The third-order valence-corrected chi connectivity index (χ3v) is 4.25.